The van der Waals surface area contributed by atoms with Crippen LogP contribution in [0.5, 0.6) is 5.75 Å². The van der Waals surface area contributed by atoms with E-state index in [4.69, 9.17) is 10.5 Å². The SMILES string of the molecule is COc1ccc(C(=O)NCC(=O)N2CCC(C)CC2CN)cc1.Cl. The molecule has 7 heteroatoms. The third-order valence-corrected chi connectivity index (χ3v) is 4.32. The first kappa shape index (κ1) is 20.3. The molecule has 24 heavy (non-hydrogen) atoms. The van der Waals surface area contributed by atoms with Crippen molar-refractivity contribution >= 4 is 24.2 Å². The molecule has 2 amide bonds. The highest BCUT2D eigenvalue weighted by Gasteiger charge is 2.28. The largest absolute Gasteiger partial charge is 0.497 e. The summed E-state index contributed by atoms with van der Waals surface area (Å²) in [7, 11) is 1.57. The molecule has 1 saturated heterocycles. The van der Waals surface area contributed by atoms with Gasteiger partial charge in [-0.05, 0) is 43.0 Å². The third-order valence-electron chi connectivity index (χ3n) is 4.32. The van der Waals surface area contributed by atoms with Crippen LogP contribution in [0.15, 0.2) is 24.3 Å². The number of piperidine rings is 1. The summed E-state index contributed by atoms with van der Waals surface area (Å²) >= 11 is 0. The number of nitrogens with two attached hydrogens (primary N) is 1. The fourth-order valence-electron chi connectivity index (χ4n) is 2.91. The van der Waals surface area contributed by atoms with Crippen molar-refractivity contribution in [2.75, 3.05) is 26.7 Å². The lowest BCUT2D eigenvalue weighted by Gasteiger charge is -2.38. The van der Waals surface area contributed by atoms with Crippen molar-refractivity contribution in [3.8, 4) is 5.75 Å². The van der Waals surface area contributed by atoms with E-state index in [1.807, 2.05) is 0 Å². The van der Waals surface area contributed by atoms with Crippen LogP contribution in [0.4, 0.5) is 0 Å². The van der Waals surface area contributed by atoms with Gasteiger partial charge in [0.2, 0.25) is 5.91 Å². The van der Waals surface area contributed by atoms with Crippen LogP contribution in [0, 0.1) is 5.92 Å². The van der Waals surface area contributed by atoms with Gasteiger partial charge in [0, 0.05) is 24.7 Å². The number of ether oxygens (including phenoxy) is 1. The molecular formula is C17H26ClN3O3. The molecule has 3 N–H and O–H groups in total. The Hall–Kier alpha value is -1.79. The second-order valence-corrected chi connectivity index (χ2v) is 6.02. The Bertz CT molecular complexity index is 551. The summed E-state index contributed by atoms with van der Waals surface area (Å²) in [4.78, 5) is 26.2. The van der Waals surface area contributed by atoms with E-state index in [0.29, 0.717) is 30.3 Å². The molecule has 1 fully saturated rings. The van der Waals surface area contributed by atoms with E-state index in [0.717, 1.165) is 12.8 Å². The number of halogens is 1. The van der Waals surface area contributed by atoms with E-state index in [-0.39, 0.29) is 36.8 Å². The second-order valence-electron chi connectivity index (χ2n) is 6.02. The molecule has 0 radical (unpaired) electrons. The number of hydrogen-bond donors (Lipinski definition) is 2. The van der Waals surface area contributed by atoms with Crippen molar-refractivity contribution < 1.29 is 14.3 Å². The minimum Gasteiger partial charge on any atom is -0.497 e. The zero-order chi connectivity index (χ0) is 16.8. The van der Waals surface area contributed by atoms with Crippen molar-refractivity contribution in [3.63, 3.8) is 0 Å². The van der Waals surface area contributed by atoms with Gasteiger partial charge in [-0.2, -0.15) is 0 Å². The number of benzene rings is 1. The lowest BCUT2D eigenvalue weighted by molar-refractivity contribution is -0.134. The van der Waals surface area contributed by atoms with Crippen LogP contribution in [0.2, 0.25) is 0 Å². The third kappa shape index (κ3) is 5.11. The fraction of sp³-hybridized carbons (Fsp3) is 0.529. The minimum atomic E-state index is -0.268. The van der Waals surface area contributed by atoms with Crippen LogP contribution >= 0.6 is 12.4 Å². The van der Waals surface area contributed by atoms with Crippen LogP contribution in [0.1, 0.15) is 30.1 Å². The first-order valence-corrected chi connectivity index (χ1v) is 7.97. The molecule has 1 aromatic carbocycles. The van der Waals surface area contributed by atoms with Crippen molar-refractivity contribution in [2.45, 2.75) is 25.8 Å². The summed E-state index contributed by atoms with van der Waals surface area (Å²) in [5.41, 5.74) is 6.28. The molecular weight excluding hydrogens is 330 g/mol. The Balaban J connectivity index is 0.00000288. The minimum absolute atomic E-state index is 0. The Labute approximate surface area is 149 Å². The number of rotatable bonds is 5. The van der Waals surface area contributed by atoms with E-state index < -0.39 is 0 Å². The summed E-state index contributed by atoms with van der Waals surface area (Å²) in [6.07, 6.45) is 1.91. The maximum Gasteiger partial charge on any atom is 0.251 e. The van der Waals surface area contributed by atoms with E-state index in [1.54, 1.807) is 36.3 Å². The molecule has 0 spiro atoms. The van der Waals surface area contributed by atoms with E-state index in [2.05, 4.69) is 12.2 Å². The molecule has 0 bridgehead atoms. The number of carbonyl (C=O) groups excluding carboxylic acids is 2. The van der Waals surface area contributed by atoms with Crippen molar-refractivity contribution in [2.24, 2.45) is 11.7 Å². The van der Waals surface area contributed by atoms with Crippen LogP contribution in [0.3, 0.4) is 0 Å². The average molecular weight is 356 g/mol. The van der Waals surface area contributed by atoms with Gasteiger partial charge in [0.15, 0.2) is 0 Å². The van der Waals surface area contributed by atoms with Gasteiger partial charge in [-0.3, -0.25) is 9.59 Å². The van der Waals surface area contributed by atoms with Crippen LogP contribution < -0.4 is 15.8 Å². The monoisotopic (exact) mass is 355 g/mol. The summed E-state index contributed by atoms with van der Waals surface area (Å²) in [5, 5.41) is 2.68. The number of nitrogens with one attached hydrogen (secondary N) is 1. The smallest absolute Gasteiger partial charge is 0.251 e. The zero-order valence-electron chi connectivity index (χ0n) is 14.2. The first-order valence-electron chi connectivity index (χ1n) is 7.97. The summed E-state index contributed by atoms with van der Waals surface area (Å²) in [5.74, 6) is 0.928. The predicted octanol–water partition coefficient (Wildman–Crippen LogP) is 1.43. The second kappa shape index (κ2) is 9.49. The topological polar surface area (TPSA) is 84.7 Å². The van der Waals surface area contributed by atoms with Crippen LogP contribution in [0.25, 0.3) is 0 Å². The van der Waals surface area contributed by atoms with Crippen LogP contribution in [-0.2, 0) is 4.79 Å². The summed E-state index contributed by atoms with van der Waals surface area (Å²) in [6.45, 7) is 3.34. The Morgan fingerprint density at radius 3 is 2.58 bits per heavy atom. The van der Waals surface area contributed by atoms with Crippen LogP contribution in [-0.4, -0.2) is 49.5 Å². The van der Waals surface area contributed by atoms with Crippen molar-refractivity contribution in [1.82, 2.24) is 10.2 Å². The van der Waals surface area contributed by atoms with Gasteiger partial charge in [-0.1, -0.05) is 6.92 Å². The molecule has 0 aliphatic carbocycles. The zero-order valence-corrected chi connectivity index (χ0v) is 15.0. The number of carbonyl (C=O) groups is 2. The van der Waals surface area contributed by atoms with Gasteiger partial charge in [0.05, 0.1) is 13.7 Å². The average Bonchev–Trinajstić information content (AvgIpc) is 2.59. The van der Waals surface area contributed by atoms with Gasteiger partial charge >= 0.3 is 0 Å². The Kier molecular flexibility index (Phi) is 8.01. The molecule has 2 unspecified atom stereocenters. The molecule has 2 rings (SSSR count). The first-order chi connectivity index (χ1) is 11.0. The maximum atomic E-state index is 12.3. The molecule has 2 atom stereocenters. The summed E-state index contributed by atoms with van der Waals surface area (Å²) in [6, 6.07) is 6.85. The van der Waals surface area contributed by atoms with Gasteiger partial charge in [0.1, 0.15) is 5.75 Å². The summed E-state index contributed by atoms with van der Waals surface area (Å²) < 4.78 is 5.05. The van der Waals surface area contributed by atoms with Gasteiger partial charge in [-0.25, -0.2) is 0 Å². The molecule has 1 aromatic rings. The molecule has 1 aliphatic heterocycles. The van der Waals surface area contributed by atoms with E-state index in [9.17, 15) is 9.59 Å². The van der Waals surface area contributed by atoms with Gasteiger partial charge in [0.25, 0.3) is 5.91 Å². The highest BCUT2D eigenvalue weighted by atomic mass is 35.5. The number of hydrogen-bond acceptors (Lipinski definition) is 4. The Morgan fingerprint density at radius 2 is 2.00 bits per heavy atom. The van der Waals surface area contributed by atoms with E-state index in [1.165, 1.54) is 0 Å². The highest BCUT2D eigenvalue weighted by Crippen LogP contribution is 2.21. The van der Waals surface area contributed by atoms with Gasteiger partial charge < -0.3 is 20.7 Å². The maximum absolute atomic E-state index is 12.3. The quantitative estimate of drug-likeness (QED) is 0.836. The molecule has 1 aliphatic rings. The molecule has 0 saturated carbocycles. The number of likely N-dealkylation sites (tertiary alicyclic amines) is 1. The van der Waals surface area contributed by atoms with E-state index >= 15 is 0 Å². The number of methoxy groups -OCH3 is 1. The molecule has 0 aromatic heterocycles. The fourth-order valence-corrected chi connectivity index (χ4v) is 2.91. The van der Waals surface area contributed by atoms with Gasteiger partial charge in [-0.15, -0.1) is 12.4 Å². The molecule has 6 nitrogen and oxygen atoms in total. The Morgan fingerprint density at radius 1 is 1.33 bits per heavy atom. The standard InChI is InChI=1S/C17H25N3O3.ClH/c1-12-7-8-20(14(9-12)10-18)16(21)11-19-17(22)13-3-5-15(23-2)6-4-13;/h3-6,12,14H,7-11,18H2,1-2H3,(H,19,22);1H. The normalized spacial score (nSPS) is 20.0. The number of amides is 2. The van der Waals surface area contributed by atoms with Crippen molar-refractivity contribution in [1.29, 1.82) is 0 Å². The highest BCUT2D eigenvalue weighted by molar-refractivity contribution is 5.96. The molecule has 134 valence electrons. The predicted molar refractivity (Wildman–Crippen MR) is 95.5 cm³/mol. The molecule has 1 heterocycles. The van der Waals surface area contributed by atoms with Crippen molar-refractivity contribution in [3.05, 3.63) is 29.8 Å². The number of nitrogens with zero attached hydrogens (tertiary/aromatic N) is 1. The lowest BCUT2D eigenvalue weighted by Crippen LogP contribution is -2.52. The lowest BCUT2D eigenvalue weighted by atomic mass is 9.92.